The van der Waals surface area contributed by atoms with E-state index in [4.69, 9.17) is 4.74 Å². The van der Waals surface area contributed by atoms with Gasteiger partial charge in [-0.05, 0) is 38.5 Å². The third-order valence-corrected chi connectivity index (χ3v) is 8.66. The Kier molecular flexibility index (Phi) is 27.0. The maximum atomic E-state index is 6.64. The summed E-state index contributed by atoms with van der Waals surface area (Å²) in [6, 6.07) is 0. The van der Waals surface area contributed by atoms with Crippen LogP contribution in [0.4, 0.5) is 0 Å². The van der Waals surface area contributed by atoms with Crippen LogP contribution in [0.3, 0.4) is 0 Å². The molecule has 0 aliphatic rings. The van der Waals surface area contributed by atoms with Crippen LogP contribution in [0.5, 0.6) is 0 Å². The maximum absolute atomic E-state index is 6.64. The summed E-state index contributed by atoms with van der Waals surface area (Å²) in [5.41, 5.74) is 0. The lowest BCUT2D eigenvalue weighted by Crippen LogP contribution is -2.29. The summed E-state index contributed by atoms with van der Waals surface area (Å²) >= 11 is 0. The van der Waals surface area contributed by atoms with Crippen molar-refractivity contribution in [2.45, 2.75) is 208 Å². The Hall–Kier alpha value is -0.0400. The van der Waals surface area contributed by atoms with Gasteiger partial charge in [-0.15, -0.1) is 0 Å². The van der Waals surface area contributed by atoms with Crippen LogP contribution in [0.1, 0.15) is 196 Å². The Morgan fingerprint density at radius 3 is 0.886 bits per heavy atom. The van der Waals surface area contributed by atoms with E-state index in [1.165, 1.54) is 154 Å². The Labute approximate surface area is 224 Å². The summed E-state index contributed by atoms with van der Waals surface area (Å²) in [7, 11) is 0. The van der Waals surface area contributed by atoms with Gasteiger partial charge >= 0.3 is 0 Å². The van der Waals surface area contributed by atoms with E-state index in [0.29, 0.717) is 12.2 Å². The summed E-state index contributed by atoms with van der Waals surface area (Å²) < 4.78 is 6.64. The van der Waals surface area contributed by atoms with Crippen LogP contribution in [0.2, 0.25) is 0 Å². The summed E-state index contributed by atoms with van der Waals surface area (Å²) in [5.74, 6) is 1.47. The monoisotopic (exact) mass is 495 g/mol. The van der Waals surface area contributed by atoms with Crippen molar-refractivity contribution < 1.29 is 4.74 Å². The van der Waals surface area contributed by atoms with Crippen molar-refractivity contribution in [2.75, 3.05) is 0 Å². The molecule has 4 atom stereocenters. The van der Waals surface area contributed by atoms with Crippen molar-refractivity contribution in [1.29, 1.82) is 0 Å². The summed E-state index contributed by atoms with van der Waals surface area (Å²) in [5, 5.41) is 0. The zero-order chi connectivity index (χ0) is 26.0. The summed E-state index contributed by atoms with van der Waals surface area (Å²) in [4.78, 5) is 0. The molecule has 0 rings (SSSR count). The first kappa shape index (κ1) is 35.0. The molecule has 0 aromatic heterocycles. The van der Waals surface area contributed by atoms with Gasteiger partial charge in [0.05, 0.1) is 12.2 Å². The second-order valence-electron chi connectivity index (χ2n) is 11.8. The van der Waals surface area contributed by atoms with Gasteiger partial charge in [0.2, 0.25) is 0 Å². The van der Waals surface area contributed by atoms with Gasteiger partial charge in [0.1, 0.15) is 0 Å². The minimum atomic E-state index is 0.412. The van der Waals surface area contributed by atoms with Crippen molar-refractivity contribution in [3.8, 4) is 0 Å². The molecule has 0 spiro atoms. The van der Waals surface area contributed by atoms with Crippen LogP contribution in [0, 0.1) is 11.8 Å². The highest BCUT2D eigenvalue weighted by Gasteiger charge is 2.22. The van der Waals surface area contributed by atoms with Gasteiger partial charge in [-0.3, -0.25) is 0 Å². The molecule has 1 nitrogen and oxygen atoms in total. The summed E-state index contributed by atoms with van der Waals surface area (Å²) in [6.07, 6.45) is 34.7. The van der Waals surface area contributed by atoms with Crippen LogP contribution in [-0.4, -0.2) is 12.2 Å². The second-order valence-corrected chi connectivity index (χ2v) is 11.8. The van der Waals surface area contributed by atoms with Crippen LogP contribution >= 0.6 is 0 Å². The maximum Gasteiger partial charge on any atom is 0.0578 e. The molecular formula is C34H70O. The van der Waals surface area contributed by atoms with Crippen LogP contribution in [0.25, 0.3) is 0 Å². The molecular weight excluding hydrogens is 424 g/mol. The molecule has 0 bridgehead atoms. The van der Waals surface area contributed by atoms with E-state index in [-0.39, 0.29) is 0 Å². The minimum absolute atomic E-state index is 0.412. The second kappa shape index (κ2) is 27.0. The Bertz CT molecular complexity index is 356. The van der Waals surface area contributed by atoms with E-state index >= 15 is 0 Å². The zero-order valence-electron chi connectivity index (χ0n) is 25.7. The highest BCUT2D eigenvalue weighted by molar-refractivity contribution is 4.71. The molecule has 212 valence electrons. The molecule has 0 N–H and O–H groups in total. The minimum Gasteiger partial charge on any atom is -0.375 e. The topological polar surface area (TPSA) is 9.23 Å². The number of ether oxygens (including phenoxy) is 1. The average molecular weight is 495 g/mol. The van der Waals surface area contributed by atoms with Crippen molar-refractivity contribution >= 4 is 0 Å². The van der Waals surface area contributed by atoms with Gasteiger partial charge < -0.3 is 4.74 Å². The van der Waals surface area contributed by atoms with Crippen LogP contribution < -0.4 is 0 Å². The van der Waals surface area contributed by atoms with Gasteiger partial charge in [-0.2, -0.15) is 0 Å². The Morgan fingerprint density at radius 2 is 0.629 bits per heavy atom. The highest BCUT2D eigenvalue weighted by atomic mass is 16.5. The third kappa shape index (κ3) is 21.7. The molecule has 35 heavy (non-hydrogen) atoms. The fourth-order valence-electron chi connectivity index (χ4n) is 5.89. The van der Waals surface area contributed by atoms with E-state index in [1.54, 1.807) is 0 Å². The molecule has 1 heteroatoms. The number of hydrogen-bond acceptors (Lipinski definition) is 1. The largest absolute Gasteiger partial charge is 0.375 e. The third-order valence-electron chi connectivity index (χ3n) is 8.66. The first-order valence-corrected chi connectivity index (χ1v) is 16.8. The molecule has 0 fully saturated rings. The molecule has 0 aromatic rings. The van der Waals surface area contributed by atoms with Crippen molar-refractivity contribution in [1.82, 2.24) is 0 Å². The van der Waals surface area contributed by atoms with E-state index in [1.807, 2.05) is 0 Å². The Morgan fingerprint density at radius 1 is 0.371 bits per heavy atom. The summed E-state index contributed by atoms with van der Waals surface area (Å²) in [6.45, 7) is 14.1. The molecule has 0 amide bonds. The first-order valence-electron chi connectivity index (χ1n) is 16.8. The lowest BCUT2D eigenvalue weighted by Gasteiger charge is -2.30. The molecule has 4 unspecified atom stereocenters. The number of hydrogen-bond donors (Lipinski definition) is 0. The molecule has 0 saturated heterocycles. The lowest BCUT2D eigenvalue weighted by atomic mass is 9.91. The van der Waals surface area contributed by atoms with Crippen molar-refractivity contribution in [3.05, 3.63) is 0 Å². The molecule has 0 aromatic carbocycles. The van der Waals surface area contributed by atoms with Crippen molar-refractivity contribution in [3.63, 3.8) is 0 Å². The van der Waals surface area contributed by atoms with Crippen LogP contribution in [0.15, 0.2) is 0 Å². The van der Waals surface area contributed by atoms with Gasteiger partial charge in [-0.1, -0.05) is 169 Å². The van der Waals surface area contributed by atoms with Gasteiger partial charge in [0.15, 0.2) is 0 Å². The molecule has 0 aliphatic carbocycles. The molecule has 0 radical (unpaired) electrons. The predicted octanol–water partition coefficient (Wildman–Crippen LogP) is 12.5. The molecule has 0 saturated carbocycles. The van der Waals surface area contributed by atoms with E-state index in [0.717, 1.165) is 11.8 Å². The zero-order valence-corrected chi connectivity index (χ0v) is 25.7. The average Bonchev–Trinajstić information content (AvgIpc) is 2.85. The first-order chi connectivity index (χ1) is 17.1. The predicted molar refractivity (Wildman–Crippen MR) is 160 cm³/mol. The number of rotatable bonds is 28. The Balaban J connectivity index is 3.89. The smallest absolute Gasteiger partial charge is 0.0578 e. The van der Waals surface area contributed by atoms with Crippen molar-refractivity contribution in [2.24, 2.45) is 11.8 Å². The SMILES string of the molecule is CCCCCCCCCCCCC(CC)C(C)OC(C)C(CC)CCCCCCCCCCCC. The van der Waals surface area contributed by atoms with Crippen LogP contribution in [-0.2, 0) is 4.74 Å². The fraction of sp³-hybridized carbons (Fsp3) is 1.00. The van der Waals surface area contributed by atoms with E-state index in [2.05, 4.69) is 41.5 Å². The van der Waals surface area contributed by atoms with Gasteiger partial charge in [0.25, 0.3) is 0 Å². The quantitative estimate of drug-likeness (QED) is 0.0982. The van der Waals surface area contributed by atoms with Gasteiger partial charge in [0, 0.05) is 0 Å². The van der Waals surface area contributed by atoms with E-state index in [9.17, 15) is 0 Å². The fourth-order valence-corrected chi connectivity index (χ4v) is 5.89. The standard InChI is InChI=1S/C34H70O/c1-7-11-13-15-17-19-21-23-25-27-29-33(9-3)31(5)35-32(6)34(10-4)30-28-26-24-22-20-18-16-14-12-8-2/h31-34H,7-30H2,1-6H3. The number of unbranched alkanes of at least 4 members (excludes halogenated alkanes) is 18. The highest BCUT2D eigenvalue weighted by Crippen LogP contribution is 2.26. The molecule has 0 heterocycles. The molecule has 0 aliphatic heterocycles. The van der Waals surface area contributed by atoms with Gasteiger partial charge in [-0.25, -0.2) is 0 Å². The normalized spacial score (nSPS) is 15.3. The van der Waals surface area contributed by atoms with E-state index < -0.39 is 0 Å². The lowest BCUT2D eigenvalue weighted by molar-refractivity contribution is -0.0558.